The lowest BCUT2D eigenvalue weighted by Crippen LogP contribution is -2.38. The van der Waals surface area contributed by atoms with Crippen LogP contribution in [0.15, 0.2) is 36.7 Å². The maximum absolute atomic E-state index is 12.5. The fraction of sp³-hybridized carbons (Fsp3) is 0.286. The Hall–Kier alpha value is -2.70. The Labute approximate surface area is 120 Å². The third kappa shape index (κ3) is 2.91. The van der Waals surface area contributed by atoms with Crippen molar-refractivity contribution in [3.63, 3.8) is 0 Å². The van der Waals surface area contributed by atoms with Gasteiger partial charge in [-0.15, -0.1) is 0 Å². The summed E-state index contributed by atoms with van der Waals surface area (Å²) in [6, 6.07) is 6.82. The van der Waals surface area contributed by atoms with Crippen LogP contribution in [0, 0.1) is 0 Å². The van der Waals surface area contributed by atoms with Gasteiger partial charge in [0.15, 0.2) is 5.82 Å². The van der Waals surface area contributed by atoms with Gasteiger partial charge in [0, 0.05) is 18.4 Å². The van der Waals surface area contributed by atoms with Crippen molar-refractivity contribution in [2.75, 3.05) is 6.54 Å². The van der Waals surface area contributed by atoms with E-state index >= 15 is 0 Å². The molecule has 2 heterocycles. The van der Waals surface area contributed by atoms with Gasteiger partial charge in [0.05, 0.1) is 0 Å². The van der Waals surface area contributed by atoms with E-state index in [1.54, 1.807) is 41.3 Å². The average Bonchev–Trinajstić information content (AvgIpc) is 3.17. The molecule has 0 spiro atoms. The lowest BCUT2D eigenvalue weighted by molar-refractivity contribution is -0.137. The smallest absolute Gasteiger partial charge is 0.323 e. The first-order chi connectivity index (χ1) is 10.1. The monoisotopic (exact) mass is 286 g/mol. The largest absolute Gasteiger partial charge is 0.480 e. The summed E-state index contributed by atoms with van der Waals surface area (Å²) in [5.74, 6) is -0.843. The molecule has 0 aromatic carbocycles. The van der Waals surface area contributed by atoms with Crippen molar-refractivity contribution >= 4 is 11.9 Å². The minimum absolute atomic E-state index is 0.0174. The molecule has 1 aliphatic carbocycles. The van der Waals surface area contributed by atoms with Crippen molar-refractivity contribution in [3.05, 3.63) is 42.4 Å². The molecule has 0 aliphatic heterocycles. The number of carboxylic acid groups (broad SMARTS) is 1. The summed E-state index contributed by atoms with van der Waals surface area (Å²) in [4.78, 5) is 29.0. The van der Waals surface area contributed by atoms with E-state index in [0.29, 0.717) is 5.82 Å². The number of aliphatic carboxylic acids is 1. The number of carbonyl (C=O) groups is 2. The zero-order chi connectivity index (χ0) is 14.8. The average molecular weight is 286 g/mol. The van der Waals surface area contributed by atoms with E-state index < -0.39 is 5.97 Å². The number of carbonyl (C=O) groups excluding carboxylic acids is 1. The van der Waals surface area contributed by atoms with Gasteiger partial charge in [0.2, 0.25) is 0 Å². The second-order valence-corrected chi connectivity index (χ2v) is 4.89. The van der Waals surface area contributed by atoms with Crippen molar-refractivity contribution in [1.82, 2.24) is 19.7 Å². The van der Waals surface area contributed by atoms with Gasteiger partial charge < -0.3 is 10.0 Å². The van der Waals surface area contributed by atoms with E-state index in [4.69, 9.17) is 5.11 Å². The maximum Gasteiger partial charge on any atom is 0.323 e. The van der Waals surface area contributed by atoms with Crippen LogP contribution in [0.5, 0.6) is 0 Å². The van der Waals surface area contributed by atoms with E-state index in [0.717, 1.165) is 12.8 Å². The Bertz CT molecular complexity index is 665. The fourth-order valence-corrected chi connectivity index (χ4v) is 2.12. The third-order valence-electron chi connectivity index (χ3n) is 3.25. The van der Waals surface area contributed by atoms with Crippen LogP contribution in [0.2, 0.25) is 0 Å². The molecule has 7 heteroatoms. The summed E-state index contributed by atoms with van der Waals surface area (Å²) in [7, 11) is 0. The number of aromatic nitrogens is 3. The Morgan fingerprint density at radius 3 is 2.76 bits per heavy atom. The summed E-state index contributed by atoms with van der Waals surface area (Å²) in [6.45, 7) is -0.294. The molecule has 1 aliphatic rings. The molecule has 1 amide bonds. The van der Waals surface area contributed by atoms with Crippen molar-refractivity contribution in [2.45, 2.75) is 18.9 Å². The minimum atomic E-state index is -1.02. The molecule has 2 aromatic rings. The molecular weight excluding hydrogens is 272 g/mol. The Kier molecular flexibility index (Phi) is 3.39. The number of hydrogen-bond donors (Lipinski definition) is 1. The molecule has 1 fully saturated rings. The highest BCUT2D eigenvalue weighted by molar-refractivity contribution is 5.94. The van der Waals surface area contributed by atoms with Crippen LogP contribution in [0.4, 0.5) is 0 Å². The van der Waals surface area contributed by atoms with Crippen LogP contribution < -0.4 is 0 Å². The summed E-state index contributed by atoms with van der Waals surface area (Å²) in [5.41, 5.74) is 0.233. The van der Waals surface area contributed by atoms with Gasteiger partial charge in [-0.05, 0) is 31.0 Å². The number of amides is 1. The first-order valence-electron chi connectivity index (χ1n) is 6.65. The lowest BCUT2D eigenvalue weighted by Gasteiger charge is -2.19. The zero-order valence-electron chi connectivity index (χ0n) is 11.2. The molecule has 3 rings (SSSR count). The quantitative estimate of drug-likeness (QED) is 0.884. The summed E-state index contributed by atoms with van der Waals surface area (Å²) >= 11 is 0. The highest BCUT2D eigenvalue weighted by Gasteiger charge is 2.34. The second-order valence-electron chi connectivity index (χ2n) is 4.89. The van der Waals surface area contributed by atoms with Gasteiger partial charge in [-0.1, -0.05) is 6.07 Å². The topological polar surface area (TPSA) is 88.3 Å². The van der Waals surface area contributed by atoms with E-state index in [-0.39, 0.29) is 24.2 Å². The van der Waals surface area contributed by atoms with Crippen molar-refractivity contribution in [1.29, 1.82) is 0 Å². The van der Waals surface area contributed by atoms with Crippen LogP contribution in [0.3, 0.4) is 0 Å². The van der Waals surface area contributed by atoms with Gasteiger partial charge in [-0.3, -0.25) is 9.59 Å². The summed E-state index contributed by atoms with van der Waals surface area (Å²) < 4.78 is 1.55. The molecule has 7 nitrogen and oxygen atoms in total. The number of carboxylic acids is 1. The molecule has 1 N–H and O–H groups in total. The number of nitrogens with zero attached hydrogens (tertiary/aromatic N) is 4. The van der Waals surface area contributed by atoms with Crippen molar-refractivity contribution in [3.8, 4) is 5.82 Å². The molecule has 2 aromatic heterocycles. The maximum atomic E-state index is 12.5. The molecule has 0 bridgehead atoms. The zero-order valence-corrected chi connectivity index (χ0v) is 11.2. The number of hydrogen-bond acceptors (Lipinski definition) is 4. The Morgan fingerprint density at radius 1 is 1.33 bits per heavy atom. The Morgan fingerprint density at radius 2 is 2.14 bits per heavy atom. The van der Waals surface area contributed by atoms with Crippen molar-refractivity contribution in [2.24, 2.45) is 0 Å². The standard InChI is InChI=1S/C14H14N4O3/c19-13(20)9-17(10-5-6-10)14(21)11-3-1-4-12(16-11)18-8-2-7-15-18/h1-4,7-8,10H,5-6,9H2,(H,19,20). The normalized spacial score (nSPS) is 13.9. The second kappa shape index (κ2) is 5.35. The van der Waals surface area contributed by atoms with Crippen LogP contribution in [0.1, 0.15) is 23.3 Å². The van der Waals surface area contributed by atoms with Gasteiger partial charge in [0.25, 0.3) is 5.91 Å². The molecular formula is C14H14N4O3. The van der Waals surface area contributed by atoms with Gasteiger partial charge in [0.1, 0.15) is 12.2 Å². The SMILES string of the molecule is O=C(O)CN(C(=O)c1cccc(-n2cccn2)n1)C1CC1. The molecule has 21 heavy (non-hydrogen) atoms. The molecule has 0 atom stereocenters. The third-order valence-corrected chi connectivity index (χ3v) is 3.25. The van der Waals surface area contributed by atoms with Crippen molar-refractivity contribution < 1.29 is 14.7 Å². The predicted molar refractivity (Wildman–Crippen MR) is 73.1 cm³/mol. The van der Waals surface area contributed by atoms with Gasteiger partial charge in [-0.2, -0.15) is 5.10 Å². The van der Waals surface area contributed by atoms with Crippen LogP contribution in [-0.2, 0) is 4.79 Å². The first-order valence-corrected chi connectivity index (χ1v) is 6.65. The van der Waals surface area contributed by atoms with Gasteiger partial charge >= 0.3 is 5.97 Å². The van der Waals surface area contributed by atoms with E-state index in [1.807, 2.05) is 0 Å². The van der Waals surface area contributed by atoms with E-state index in [2.05, 4.69) is 10.1 Å². The van der Waals surface area contributed by atoms with Crippen LogP contribution in [-0.4, -0.2) is 49.2 Å². The fourth-order valence-electron chi connectivity index (χ4n) is 2.12. The molecule has 0 saturated heterocycles. The molecule has 108 valence electrons. The Balaban J connectivity index is 1.86. The first kappa shape index (κ1) is 13.3. The van der Waals surface area contributed by atoms with Gasteiger partial charge in [-0.25, -0.2) is 9.67 Å². The van der Waals surface area contributed by atoms with Crippen LogP contribution in [0.25, 0.3) is 5.82 Å². The highest BCUT2D eigenvalue weighted by Crippen LogP contribution is 2.27. The minimum Gasteiger partial charge on any atom is -0.480 e. The van der Waals surface area contributed by atoms with E-state index in [9.17, 15) is 9.59 Å². The lowest BCUT2D eigenvalue weighted by atomic mass is 10.3. The highest BCUT2D eigenvalue weighted by atomic mass is 16.4. The summed E-state index contributed by atoms with van der Waals surface area (Å²) in [6.07, 6.45) is 5.04. The van der Waals surface area contributed by atoms with E-state index in [1.165, 1.54) is 4.90 Å². The summed E-state index contributed by atoms with van der Waals surface area (Å²) in [5, 5.41) is 13.0. The predicted octanol–water partition coefficient (Wildman–Crippen LogP) is 0.956. The van der Waals surface area contributed by atoms with Crippen LogP contribution >= 0.6 is 0 Å². The molecule has 1 saturated carbocycles. The number of rotatable bonds is 5. The molecule has 0 radical (unpaired) electrons. The molecule has 0 unspecified atom stereocenters. The number of pyridine rings is 1.